The summed E-state index contributed by atoms with van der Waals surface area (Å²) in [6, 6.07) is 10.7. The number of hydrogen-bond acceptors (Lipinski definition) is 7. The van der Waals surface area contributed by atoms with E-state index in [-0.39, 0.29) is 12.3 Å². The first-order chi connectivity index (χ1) is 11.0. The highest BCUT2D eigenvalue weighted by Gasteiger charge is 2.12. The molecule has 0 saturated heterocycles. The molecule has 120 valence electrons. The molecule has 3 aromatic rings. The maximum atomic E-state index is 11.5. The van der Waals surface area contributed by atoms with Crippen molar-refractivity contribution >= 4 is 15.5 Å². The van der Waals surface area contributed by atoms with Crippen LogP contribution >= 0.6 is 0 Å². The van der Waals surface area contributed by atoms with Crippen LogP contribution in [0.5, 0.6) is 0 Å². The van der Waals surface area contributed by atoms with Crippen LogP contribution < -0.4 is 5.32 Å². The van der Waals surface area contributed by atoms with Crippen molar-refractivity contribution in [2.75, 3.05) is 11.6 Å². The van der Waals surface area contributed by atoms with Crippen LogP contribution in [0.3, 0.4) is 0 Å². The van der Waals surface area contributed by atoms with Gasteiger partial charge in [-0.2, -0.15) is 4.98 Å². The molecule has 0 aliphatic rings. The minimum absolute atomic E-state index is 0.0301. The van der Waals surface area contributed by atoms with Gasteiger partial charge in [-0.25, -0.2) is 8.42 Å². The molecule has 0 atom stereocenters. The van der Waals surface area contributed by atoms with Crippen LogP contribution in [0.1, 0.15) is 11.5 Å². The molecule has 0 saturated carbocycles. The first-order valence-corrected chi connectivity index (χ1v) is 8.93. The molecule has 0 amide bonds. The summed E-state index contributed by atoms with van der Waals surface area (Å²) in [5.41, 5.74) is 1.41. The Labute approximate surface area is 133 Å². The second-order valence-corrected chi connectivity index (χ2v) is 7.21. The van der Waals surface area contributed by atoms with Crippen LogP contribution in [0, 0.1) is 0 Å². The minimum atomic E-state index is -3.11. The maximum Gasteiger partial charge on any atom is 0.246 e. The molecule has 8 heteroatoms. The molecule has 0 fully saturated rings. The van der Waals surface area contributed by atoms with Crippen LogP contribution in [-0.4, -0.2) is 24.8 Å². The van der Waals surface area contributed by atoms with Gasteiger partial charge < -0.3 is 14.3 Å². The van der Waals surface area contributed by atoms with Crippen molar-refractivity contribution in [3.05, 3.63) is 54.1 Å². The summed E-state index contributed by atoms with van der Waals surface area (Å²) < 4.78 is 33.3. The smallest absolute Gasteiger partial charge is 0.246 e. The Hall–Kier alpha value is -2.61. The summed E-state index contributed by atoms with van der Waals surface area (Å²) in [5.74, 6) is 1.25. The molecule has 0 aliphatic carbocycles. The van der Waals surface area contributed by atoms with Gasteiger partial charge in [-0.3, -0.25) is 0 Å². The van der Waals surface area contributed by atoms with Crippen LogP contribution in [0.15, 0.2) is 51.6 Å². The predicted octanol–water partition coefficient (Wildman–Crippen LogP) is 2.49. The van der Waals surface area contributed by atoms with Gasteiger partial charge >= 0.3 is 0 Å². The zero-order valence-corrected chi connectivity index (χ0v) is 13.2. The van der Waals surface area contributed by atoms with Crippen molar-refractivity contribution < 1.29 is 17.4 Å². The Morgan fingerprint density at radius 2 is 2.00 bits per heavy atom. The largest absolute Gasteiger partial charge is 0.461 e. The summed E-state index contributed by atoms with van der Waals surface area (Å²) in [6.45, 7) is 0.286. The summed E-state index contributed by atoms with van der Waals surface area (Å²) in [5, 5.41) is 6.96. The highest BCUT2D eigenvalue weighted by molar-refractivity contribution is 7.89. The van der Waals surface area contributed by atoms with Gasteiger partial charge in [-0.15, -0.1) is 0 Å². The zero-order chi connectivity index (χ0) is 16.3. The Morgan fingerprint density at radius 1 is 1.17 bits per heavy atom. The van der Waals surface area contributed by atoms with E-state index in [4.69, 9.17) is 8.94 Å². The first kappa shape index (κ1) is 15.3. The molecule has 2 aromatic heterocycles. The van der Waals surface area contributed by atoms with E-state index in [0.717, 1.165) is 5.69 Å². The molecule has 2 heterocycles. The van der Waals surface area contributed by atoms with E-state index in [0.29, 0.717) is 23.0 Å². The van der Waals surface area contributed by atoms with Crippen molar-refractivity contribution in [3.63, 3.8) is 0 Å². The highest BCUT2D eigenvalue weighted by Crippen LogP contribution is 2.19. The zero-order valence-electron chi connectivity index (χ0n) is 12.4. The van der Waals surface area contributed by atoms with Crippen molar-refractivity contribution in [2.45, 2.75) is 12.3 Å². The topological polar surface area (TPSA) is 98.2 Å². The van der Waals surface area contributed by atoms with E-state index in [2.05, 4.69) is 15.5 Å². The van der Waals surface area contributed by atoms with Crippen LogP contribution in [0.25, 0.3) is 11.6 Å². The van der Waals surface area contributed by atoms with E-state index in [1.807, 2.05) is 12.1 Å². The highest BCUT2D eigenvalue weighted by atomic mass is 32.2. The fourth-order valence-corrected chi connectivity index (χ4v) is 2.92. The van der Waals surface area contributed by atoms with Crippen molar-refractivity contribution in [1.29, 1.82) is 0 Å². The quantitative estimate of drug-likeness (QED) is 0.740. The number of anilines is 1. The van der Waals surface area contributed by atoms with E-state index in [9.17, 15) is 8.42 Å². The summed E-state index contributed by atoms with van der Waals surface area (Å²) in [7, 11) is -3.11. The third kappa shape index (κ3) is 3.98. The lowest BCUT2D eigenvalue weighted by atomic mass is 10.2. The molecule has 0 unspecified atom stereocenters. The van der Waals surface area contributed by atoms with Gasteiger partial charge in [0, 0.05) is 11.9 Å². The third-order valence-corrected chi connectivity index (χ3v) is 3.91. The number of rotatable bonds is 6. The lowest BCUT2D eigenvalue weighted by molar-refractivity contribution is 0.382. The van der Waals surface area contributed by atoms with E-state index < -0.39 is 9.84 Å². The number of nitrogens with zero attached hydrogens (tertiary/aromatic N) is 2. The Kier molecular flexibility index (Phi) is 4.16. The summed E-state index contributed by atoms with van der Waals surface area (Å²) >= 11 is 0. The summed E-state index contributed by atoms with van der Waals surface area (Å²) in [4.78, 5) is 4.22. The minimum Gasteiger partial charge on any atom is -0.461 e. The monoisotopic (exact) mass is 333 g/mol. The normalized spacial score (nSPS) is 11.5. The average molecular weight is 333 g/mol. The van der Waals surface area contributed by atoms with Gasteiger partial charge in [0.15, 0.2) is 15.6 Å². The molecular weight excluding hydrogens is 318 g/mol. The molecule has 1 N–H and O–H groups in total. The lowest BCUT2D eigenvalue weighted by Gasteiger charge is -2.09. The third-order valence-electron chi connectivity index (χ3n) is 3.07. The average Bonchev–Trinajstić information content (AvgIpc) is 3.16. The van der Waals surface area contributed by atoms with Crippen LogP contribution in [0.4, 0.5) is 5.69 Å². The molecule has 7 nitrogen and oxygen atoms in total. The van der Waals surface area contributed by atoms with E-state index in [1.54, 1.807) is 24.3 Å². The number of para-hydroxylation sites is 1. The van der Waals surface area contributed by atoms with Crippen molar-refractivity contribution in [2.24, 2.45) is 0 Å². The SMILES string of the molecule is CS(=O)(=O)Cc1ccccc1NCc1nc(-c2ccco2)no1. The van der Waals surface area contributed by atoms with E-state index >= 15 is 0 Å². The lowest BCUT2D eigenvalue weighted by Crippen LogP contribution is -2.06. The van der Waals surface area contributed by atoms with Crippen molar-refractivity contribution in [3.8, 4) is 11.6 Å². The predicted molar refractivity (Wildman–Crippen MR) is 84.3 cm³/mol. The Balaban J connectivity index is 1.72. The number of sulfone groups is 1. The Morgan fingerprint density at radius 3 is 2.74 bits per heavy atom. The van der Waals surface area contributed by atoms with Crippen LogP contribution in [-0.2, 0) is 22.1 Å². The Bertz CT molecular complexity index is 885. The first-order valence-electron chi connectivity index (χ1n) is 6.87. The molecule has 0 bridgehead atoms. The summed E-state index contributed by atoms with van der Waals surface area (Å²) in [6.07, 6.45) is 2.74. The van der Waals surface area contributed by atoms with E-state index in [1.165, 1.54) is 12.5 Å². The number of nitrogens with one attached hydrogen (secondary N) is 1. The number of aromatic nitrogens is 2. The molecule has 23 heavy (non-hydrogen) atoms. The van der Waals surface area contributed by atoms with Gasteiger partial charge in [0.1, 0.15) is 0 Å². The van der Waals surface area contributed by atoms with Gasteiger partial charge in [-0.1, -0.05) is 23.4 Å². The number of benzene rings is 1. The molecule has 0 spiro atoms. The van der Waals surface area contributed by atoms with Gasteiger partial charge in [-0.05, 0) is 23.8 Å². The number of hydrogen-bond donors (Lipinski definition) is 1. The number of furan rings is 1. The molecule has 1 aromatic carbocycles. The van der Waals surface area contributed by atoms with Gasteiger partial charge in [0.05, 0.1) is 18.6 Å². The fourth-order valence-electron chi connectivity index (χ4n) is 2.10. The van der Waals surface area contributed by atoms with Gasteiger partial charge in [0.2, 0.25) is 11.7 Å². The fraction of sp³-hybridized carbons (Fsp3) is 0.200. The molecule has 0 radical (unpaired) electrons. The maximum absolute atomic E-state index is 11.5. The van der Waals surface area contributed by atoms with Gasteiger partial charge in [0.25, 0.3) is 0 Å². The second-order valence-electron chi connectivity index (χ2n) is 5.07. The van der Waals surface area contributed by atoms with Crippen LogP contribution in [0.2, 0.25) is 0 Å². The molecule has 0 aliphatic heterocycles. The van der Waals surface area contributed by atoms with Crippen molar-refractivity contribution in [1.82, 2.24) is 10.1 Å². The standard InChI is InChI=1S/C15H15N3O4S/c1-23(19,20)10-11-5-2-3-6-12(11)16-9-14-17-15(18-22-14)13-7-4-8-21-13/h2-8,16H,9-10H2,1H3. The molecule has 3 rings (SSSR count). The second kappa shape index (κ2) is 6.25. The molecular formula is C15H15N3O4S.